The number of para-hydroxylation sites is 1. The molecule has 0 aromatic heterocycles. The van der Waals surface area contributed by atoms with Gasteiger partial charge in [0.25, 0.3) is 0 Å². The Morgan fingerprint density at radius 3 is 2.76 bits per heavy atom. The summed E-state index contributed by atoms with van der Waals surface area (Å²) < 4.78 is 5.33. The Bertz CT molecular complexity index is 417. The average Bonchev–Trinajstić information content (AvgIpc) is 3.34. The molecule has 0 radical (unpaired) electrons. The van der Waals surface area contributed by atoms with Crippen LogP contribution < -0.4 is 10.2 Å². The van der Waals surface area contributed by atoms with Crippen molar-refractivity contribution in [3.63, 3.8) is 0 Å². The Labute approximate surface area is 129 Å². The molecule has 1 atom stereocenters. The molecule has 1 unspecified atom stereocenters. The van der Waals surface area contributed by atoms with Crippen molar-refractivity contribution in [1.82, 2.24) is 5.32 Å². The van der Waals surface area contributed by atoms with Gasteiger partial charge < -0.3 is 15.0 Å². The number of nitrogens with zero attached hydrogens (tertiary/aromatic N) is 1. The van der Waals surface area contributed by atoms with E-state index in [9.17, 15) is 0 Å². The first kappa shape index (κ1) is 16.3. The van der Waals surface area contributed by atoms with E-state index in [1.807, 2.05) is 0 Å². The van der Waals surface area contributed by atoms with Gasteiger partial charge in [-0.05, 0) is 50.3 Å². The number of benzene rings is 1. The van der Waals surface area contributed by atoms with Crippen LogP contribution in [0.25, 0.3) is 0 Å². The molecular weight excluding hydrogens is 260 g/mol. The highest BCUT2D eigenvalue weighted by molar-refractivity contribution is 5.54. The largest absolute Gasteiger partial charge is 0.383 e. The van der Waals surface area contributed by atoms with Gasteiger partial charge in [-0.3, -0.25) is 0 Å². The van der Waals surface area contributed by atoms with Gasteiger partial charge in [0.15, 0.2) is 0 Å². The molecule has 1 saturated carbocycles. The van der Waals surface area contributed by atoms with Crippen molar-refractivity contribution in [3.05, 3.63) is 29.8 Å². The first-order valence-electron chi connectivity index (χ1n) is 8.32. The first-order chi connectivity index (χ1) is 10.3. The van der Waals surface area contributed by atoms with Crippen LogP contribution in [0.2, 0.25) is 0 Å². The molecule has 2 rings (SSSR count). The summed E-state index contributed by atoms with van der Waals surface area (Å²) in [5, 5.41) is 3.53. The molecule has 3 heteroatoms. The SMILES string of the molecule is CCCNCc1ccccc1N(CCOC)C(C)C1CC1. The zero-order valence-corrected chi connectivity index (χ0v) is 13.8. The molecule has 21 heavy (non-hydrogen) atoms. The predicted molar refractivity (Wildman–Crippen MR) is 89.8 cm³/mol. The Hall–Kier alpha value is -1.06. The smallest absolute Gasteiger partial charge is 0.0637 e. The second-order valence-corrected chi connectivity index (χ2v) is 6.07. The minimum atomic E-state index is 0.604. The Kier molecular flexibility index (Phi) is 6.52. The standard InChI is InChI=1S/C18H30N2O/c1-4-11-19-14-17-7-5-6-8-18(17)20(12-13-21-3)15(2)16-9-10-16/h5-8,15-16,19H,4,9-14H2,1-3H3. The topological polar surface area (TPSA) is 24.5 Å². The van der Waals surface area contributed by atoms with Gasteiger partial charge >= 0.3 is 0 Å². The zero-order chi connectivity index (χ0) is 15.1. The lowest BCUT2D eigenvalue weighted by Crippen LogP contribution is -2.38. The molecule has 1 aliphatic carbocycles. The minimum absolute atomic E-state index is 0.604. The number of nitrogens with one attached hydrogen (secondary N) is 1. The van der Waals surface area contributed by atoms with Gasteiger partial charge in [0.05, 0.1) is 6.61 Å². The summed E-state index contributed by atoms with van der Waals surface area (Å²) in [6.07, 6.45) is 3.93. The summed E-state index contributed by atoms with van der Waals surface area (Å²) in [7, 11) is 1.79. The van der Waals surface area contributed by atoms with Crippen LogP contribution in [-0.4, -0.2) is 32.8 Å². The molecule has 1 aromatic rings. The van der Waals surface area contributed by atoms with Crippen molar-refractivity contribution in [1.29, 1.82) is 0 Å². The normalized spacial score (nSPS) is 16.0. The van der Waals surface area contributed by atoms with Gasteiger partial charge in [-0.2, -0.15) is 0 Å². The second-order valence-electron chi connectivity index (χ2n) is 6.07. The van der Waals surface area contributed by atoms with Crippen molar-refractivity contribution in [2.24, 2.45) is 5.92 Å². The Morgan fingerprint density at radius 1 is 1.33 bits per heavy atom. The maximum atomic E-state index is 5.33. The highest BCUT2D eigenvalue weighted by Crippen LogP contribution is 2.37. The molecule has 0 amide bonds. The van der Waals surface area contributed by atoms with E-state index in [4.69, 9.17) is 4.74 Å². The highest BCUT2D eigenvalue weighted by Gasteiger charge is 2.32. The molecular formula is C18H30N2O. The lowest BCUT2D eigenvalue weighted by atomic mass is 10.1. The van der Waals surface area contributed by atoms with E-state index in [2.05, 4.69) is 48.3 Å². The predicted octanol–water partition coefficient (Wildman–Crippen LogP) is 3.44. The quantitative estimate of drug-likeness (QED) is 0.668. The van der Waals surface area contributed by atoms with Crippen molar-refractivity contribution in [2.45, 2.75) is 45.7 Å². The van der Waals surface area contributed by atoms with E-state index in [1.165, 1.54) is 30.5 Å². The lowest BCUT2D eigenvalue weighted by Gasteiger charge is -2.33. The van der Waals surface area contributed by atoms with E-state index in [0.717, 1.165) is 32.2 Å². The number of hydrogen-bond acceptors (Lipinski definition) is 3. The van der Waals surface area contributed by atoms with Gasteiger partial charge in [0, 0.05) is 31.9 Å². The van der Waals surface area contributed by atoms with Crippen LogP contribution in [0.4, 0.5) is 5.69 Å². The third-order valence-electron chi connectivity index (χ3n) is 4.38. The molecule has 0 aliphatic heterocycles. The second kappa shape index (κ2) is 8.40. The molecule has 0 heterocycles. The number of methoxy groups -OCH3 is 1. The summed E-state index contributed by atoms with van der Waals surface area (Å²) in [4.78, 5) is 2.55. The number of ether oxygens (including phenoxy) is 1. The van der Waals surface area contributed by atoms with Crippen molar-refractivity contribution in [2.75, 3.05) is 31.7 Å². The summed E-state index contributed by atoms with van der Waals surface area (Å²) in [6, 6.07) is 9.41. The molecule has 0 bridgehead atoms. The van der Waals surface area contributed by atoms with E-state index in [-0.39, 0.29) is 0 Å². The number of hydrogen-bond donors (Lipinski definition) is 1. The molecule has 1 fully saturated rings. The zero-order valence-electron chi connectivity index (χ0n) is 13.8. The van der Waals surface area contributed by atoms with E-state index in [0.29, 0.717) is 6.04 Å². The molecule has 0 spiro atoms. The van der Waals surface area contributed by atoms with Crippen LogP contribution in [0.1, 0.15) is 38.7 Å². The first-order valence-corrected chi connectivity index (χ1v) is 8.32. The Morgan fingerprint density at radius 2 is 2.10 bits per heavy atom. The minimum Gasteiger partial charge on any atom is -0.383 e. The maximum absolute atomic E-state index is 5.33. The third-order valence-corrected chi connectivity index (χ3v) is 4.38. The van der Waals surface area contributed by atoms with Gasteiger partial charge in [0.1, 0.15) is 0 Å². The molecule has 0 saturated heterocycles. The molecule has 118 valence electrons. The van der Waals surface area contributed by atoms with Gasteiger partial charge in [0.2, 0.25) is 0 Å². The van der Waals surface area contributed by atoms with E-state index >= 15 is 0 Å². The number of rotatable bonds is 10. The fourth-order valence-electron chi connectivity index (χ4n) is 2.91. The lowest BCUT2D eigenvalue weighted by molar-refractivity contribution is 0.202. The third kappa shape index (κ3) is 4.72. The van der Waals surface area contributed by atoms with Gasteiger partial charge in [-0.25, -0.2) is 0 Å². The van der Waals surface area contributed by atoms with Crippen LogP contribution in [0.3, 0.4) is 0 Å². The Balaban J connectivity index is 2.13. The van der Waals surface area contributed by atoms with Crippen LogP contribution in [0.5, 0.6) is 0 Å². The fourth-order valence-corrected chi connectivity index (χ4v) is 2.91. The fraction of sp³-hybridized carbons (Fsp3) is 0.667. The molecule has 3 nitrogen and oxygen atoms in total. The van der Waals surface area contributed by atoms with Crippen LogP contribution in [0, 0.1) is 5.92 Å². The van der Waals surface area contributed by atoms with Crippen molar-refractivity contribution >= 4 is 5.69 Å². The molecule has 1 aromatic carbocycles. The van der Waals surface area contributed by atoms with Crippen LogP contribution >= 0.6 is 0 Å². The molecule has 1 aliphatic rings. The number of anilines is 1. The van der Waals surface area contributed by atoms with Crippen molar-refractivity contribution < 1.29 is 4.74 Å². The van der Waals surface area contributed by atoms with Crippen molar-refractivity contribution in [3.8, 4) is 0 Å². The summed E-state index contributed by atoms with van der Waals surface area (Å²) in [5.41, 5.74) is 2.77. The monoisotopic (exact) mass is 290 g/mol. The highest BCUT2D eigenvalue weighted by atomic mass is 16.5. The van der Waals surface area contributed by atoms with Gasteiger partial charge in [-0.15, -0.1) is 0 Å². The van der Waals surface area contributed by atoms with E-state index < -0.39 is 0 Å². The molecule has 1 N–H and O–H groups in total. The van der Waals surface area contributed by atoms with Crippen LogP contribution in [-0.2, 0) is 11.3 Å². The van der Waals surface area contributed by atoms with Gasteiger partial charge in [-0.1, -0.05) is 25.1 Å². The van der Waals surface area contributed by atoms with E-state index in [1.54, 1.807) is 7.11 Å². The summed E-state index contributed by atoms with van der Waals surface area (Å²) >= 11 is 0. The summed E-state index contributed by atoms with van der Waals surface area (Å²) in [6.45, 7) is 8.35. The summed E-state index contributed by atoms with van der Waals surface area (Å²) in [5.74, 6) is 0.860. The van der Waals surface area contributed by atoms with Crippen LogP contribution in [0.15, 0.2) is 24.3 Å². The average molecular weight is 290 g/mol. The maximum Gasteiger partial charge on any atom is 0.0637 e.